The van der Waals surface area contributed by atoms with Gasteiger partial charge in [0, 0.05) is 60.8 Å². The number of carbonyl (C=O) groups is 9. The second kappa shape index (κ2) is 20.6. The first-order valence-corrected chi connectivity index (χ1v) is 18.5. The molecular formula is C39H46N2O19. The van der Waals surface area contributed by atoms with Gasteiger partial charge in [-0.3, -0.25) is 38.4 Å². The number of benzene rings is 2. The lowest BCUT2D eigenvalue weighted by molar-refractivity contribution is -0.264. The van der Waals surface area contributed by atoms with Gasteiger partial charge in [0.15, 0.2) is 24.4 Å². The topological polar surface area (TPSA) is 270 Å². The Balaban J connectivity index is 1.85. The average molecular weight is 847 g/mol. The van der Waals surface area contributed by atoms with Crippen LogP contribution in [0.5, 0.6) is 5.75 Å². The van der Waals surface area contributed by atoms with Crippen molar-refractivity contribution in [3.63, 3.8) is 0 Å². The van der Waals surface area contributed by atoms with E-state index in [1.54, 1.807) is 30.3 Å². The van der Waals surface area contributed by atoms with E-state index in [0.717, 1.165) is 55.4 Å². The molecule has 0 unspecified atom stereocenters. The van der Waals surface area contributed by atoms with Gasteiger partial charge < -0.3 is 58.0 Å². The van der Waals surface area contributed by atoms with Crippen molar-refractivity contribution in [3.8, 4) is 5.75 Å². The van der Waals surface area contributed by atoms with Gasteiger partial charge in [-0.15, -0.1) is 0 Å². The van der Waals surface area contributed by atoms with Gasteiger partial charge in [0.2, 0.25) is 24.4 Å². The minimum absolute atomic E-state index is 0.227. The second-order valence-corrected chi connectivity index (χ2v) is 13.6. The molecular weight excluding hydrogens is 800 g/mol. The van der Waals surface area contributed by atoms with Crippen molar-refractivity contribution in [2.45, 2.75) is 117 Å². The van der Waals surface area contributed by atoms with Gasteiger partial charge in [-0.2, -0.15) is 0 Å². The fraction of sp³-hybridized carbons (Fsp3) is 0.513. The van der Waals surface area contributed by atoms with Gasteiger partial charge in [0.1, 0.15) is 48.8 Å². The van der Waals surface area contributed by atoms with Gasteiger partial charge in [-0.1, -0.05) is 30.3 Å². The Morgan fingerprint density at radius 2 is 0.950 bits per heavy atom. The third kappa shape index (κ3) is 12.3. The molecule has 2 fully saturated rings. The highest BCUT2D eigenvalue weighted by atomic mass is 16.7. The number of rotatable bonds is 14. The summed E-state index contributed by atoms with van der Waals surface area (Å²) in [6, 6.07) is 6.47. The first kappa shape index (κ1) is 46.3. The van der Waals surface area contributed by atoms with Crippen LogP contribution >= 0.6 is 0 Å². The highest BCUT2D eigenvalue weighted by molar-refractivity contribution is 6.01. The van der Waals surface area contributed by atoms with Gasteiger partial charge >= 0.3 is 41.8 Å². The molecule has 21 nitrogen and oxygen atoms in total. The monoisotopic (exact) mass is 846 g/mol. The summed E-state index contributed by atoms with van der Waals surface area (Å²) < 4.78 is 56.7. The predicted octanol–water partition coefficient (Wildman–Crippen LogP) is 0.688. The summed E-state index contributed by atoms with van der Waals surface area (Å²) in [5.74, 6) is -7.68. The highest BCUT2D eigenvalue weighted by Crippen LogP contribution is 2.36. The number of fused-ring (bicyclic) bond motifs is 1. The van der Waals surface area contributed by atoms with Crippen molar-refractivity contribution < 1.29 is 90.5 Å². The lowest BCUT2D eigenvalue weighted by atomic mass is 9.95. The smallest absolute Gasteiger partial charge is 0.344 e. The lowest BCUT2D eigenvalue weighted by Crippen LogP contribution is -2.67. The minimum Gasteiger partial charge on any atom is -0.463 e. The molecule has 2 aliphatic rings. The molecule has 2 heterocycles. The van der Waals surface area contributed by atoms with Crippen molar-refractivity contribution in [2.24, 2.45) is 0 Å². The molecule has 2 saturated heterocycles. The normalized spacial score (nSPS) is 25.9. The maximum atomic E-state index is 14.4. The standard InChI is InChI=1S/C39H46N2O19/c1-17(42)40-30-35(55-23(7)48)33(53-21(5)46)28(15-51-19(3)44)57-38(30)59-32-26-12-10-9-11-25(26)13-14-27(32)37(50)60-39-31(41-18(2)43)36(56-24(8)49)34(54-22(6)47)29(58-39)16-52-20(4)45/h9-14,28-31,33-36,38-39H,15-16H2,1-8H3,(H,40,42)(H,41,43)/t28-,29-,30+,31+,33+,34-,35-,36-,38+,39+/m1/s1. The summed E-state index contributed by atoms with van der Waals surface area (Å²) in [6.07, 6.45) is -12.3. The van der Waals surface area contributed by atoms with E-state index in [2.05, 4.69) is 10.6 Å². The molecule has 10 atom stereocenters. The van der Waals surface area contributed by atoms with E-state index < -0.39 is 128 Å². The Hall–Kier alpha value is -6.35. The first-order valence-electron chi connectivity index (χ1n) is 18.5. The van der Waals surface area contributed by atoms with Gasteiger partial charge in [-0.25, -0.2) is 4.79 Å². The van der Waals surface area contributed by atoms with Crippen LogP contribution in [0.2, 0.25) is 0 Å². The molecule has 326 valence electrons. The fourth-order valence-electron chi connectivity index (χ4n) is 6.60. The SMILES string of the molecule is CC(=O)N[C@@H]1[C@H](Oc2c(C(=O)O[C@@H]3O[C@H](COC(C)=O)[C@@H](OC(C)=O)[C@H](OC(C)=O)[C@@H]3NC(C)=O)ccc3ccccc23)O[C@H](COC(C)=O)[C@H](OC(C)=O)[C@@H]1OC(C)=O. The van der Waals surface area contributed by atoms with Gasteiger partial charge in [0.25, 0.3) is 0 Å². The zero-order chi connectivity index (χ0) is 44.4. The van der Waals surface area contributed by atoms with E-state index in [4.69, 9.17) is 47.4 Å². The molecule has 2 aromatic rings. The van der Waals surface area contributed by atoms with E-state index in [1.165, 1.54) is 6.07 Å². The van der Waals surface area contributed by atoms with E-state index >= 15 is 0 Å². The van der Waals surface area contributed by atoms with Crippen molar-refractivity contribution in [1.82, 2.24) is 10.6 Å². The molecule has 0 aliphatic carbocycles. The molecule has 0 radical (unpaired) electrons. The molecule has 21 heteroatoms. The van der Waals surface area contributed by atoms with Gasteiger partial charge in [0.05, 0.1) is 0 Å². The predicted molar refractivity (Wildman–Crippen MR) is 198 cm³/mol. The number of hydrogen-bond acceptors (Lipinski definition) is 19. The maximum absolute atomic E-state index is 14.4. The van der Waals surface area contributed by atoms with Crippen LogP contribution in [-0.4, -0.2) is 128 Å². The summed E-state index contributed by atoms with van der Waals surface area (Å²) >= 11 is 0. The lowest BCUT2D eigenvalue weighted by Gasteiger charge is -2.45. The molecule has 0 aromatic heterocycles. The number of amides is 2. The number of hydrogen-bond donors (Lipinski definition) is 2. The summed E-state index contributed by atoms with van der Waals surface area (Å²) in [5.41, 5.74) is -0.311. The van der Waals surface area contributed by atoms with E-state index in [-0.39, 0.29) is 16.7 Å². The Morgan fingerprint density at radius 3 is 1.40 bits per heavy atom. The zero-order valence-corrected chi connectivity index (χ0v) is 33.9. The number of esters is 7. The van der Waals surface area contributed by atoms with Crippen molar-refractivity contribution in [2.75, 3.05) is 13.2 Å². The second-order valence-electron chi connectivity index (χ2n) is 13.6. The molecule has 4 rings (SSSR count). The maximum Gasteiger partial charge on any atom is 0.344 e. The van der Waals surface area contributed by atoms with Crippen LogP contribution in [0.1, 0.15) is 65.7 Å². The quantitative estimate of drug-likeness (QED) is 0.196. The van der Waals surface area contributed by atoms with Crippen LogP contribution in [0.15, 0.2) is 36.4 Å². The largest absolute Gasteiger partial charge is 0.463 e. The molecule has 2 aliphatic heterocycles. The van der Waals surface area contributed by atoms with Crippen LogP contribution in [0.4, 0.5) is 0 Å². The van der Waals surface area contributed by atoms with E-state index in [9.17, 15) is 43.2 Å². The zero-order valence-electron chi connectivity index (χ0n) is 33.9. The molecule has 2 N–H and O–H groups in total. The third-order valence-corrected chi connectivity index (χ3v) is 8.70. The third-order valence-electron chi connectivity index (χ3n) is 8.70. The van der Waals surface area contributed by atoms with Crippen molar-refractivity contribution in [3.05, 3.63) is 42.0 Å². The summed E-state index contributed by atoms with van der Waals surface area (Å²) in [7, 11) is 0. The Kier molecular flexibility index (Phi) is 15.9. The minimum atomic E-state index is -1.82. The van der Waals surface area contributed by atoms with Crippen LogP contribution in [0.25, 0.3) is 10.8 Å². The van der Waals surface area contributed by atoms with E-state index in [1.807, 2.05) is 0 Å². The Labute approximate surface area is 342 Å². The molecule has 2 aromatic carbocycles. The number of ether oxygens (including phenoxy) is 10. The Bertz CT molecular complexity index is 1980. The van der Waals surface area contributed by atoms with Crippen molar-refractivity contribution >= 4 is 64.4 Å². The highest BCUT2D eigenvalue weighted by Gasteiger charge is 2.54. The van der Waals surface area contributed by atoms with Gasteiger partial charge in [-0.05, 0) is 11.5 Å². The van der Waals surface area contributed by atoms with Crippen LogP contribution in [0.3, 0.4) is 0 Å². The molecule has 0 saturated carbocycles. The number of nitrogens with one attached hydrogen (secondary N) is 2. The van der Waals surface area contributed by atoms with Crippen LogP contribution < -0.4 is 15.4 Å². The summed E-state index contributed by atoms with van der Waals surface area (Å²) in [6.45, 7) is 7.61. The van der Waals surface area contributed by atoms with Crippen LogP contribution in [-0.2, 0) is 81.0 Å². The Morgan fingerprint density at radius 1 is 0.517 bits per heavy atom. The van der Waals surface area contributed by atoms with Crippen molar-refractivity contribution in [1.29, 1.82) is 0 Å². The summed E-state index contributed by atoms with van der Waals surface area (Å²) in [5, 5.41) is 5.90. The molecule has 60 heavy (non-hydrogen) atoms. The van der Waals surface area contributed by atoms with Crippen LogP contribution in [0, 0.1) is 0 Å². The number of carbonyl (C=O) groups excluding carboxylic acids is 9. The molecule has 0 bridgehead atoms. The van der Waals surface area contributed by atoms with E-state index in [0.29, 0.717) is 5.39 Å². The fourth-order valence-corrected chi connectivity index (χ4v) is 6.60. The summed E-state index contributed by atoms with van der Waals surface area (Å²) in [4.78, 5) is 113. The molecule has 0 spiro atoms. The first-order chi connectivity index (χ1) is 28.2. The molecule has 2 amide bonds. The average Bonchev–Trinajstić information content (AvgIpc) is 3.13.